The van der Waals surface area contributed by atoms with Gasteiger partial charge in [-0.1, -0.05) is 30.3 Å². The maximum absolute atomic E-state index is 11.4. The van der Waals surface area contributed by atoms with Gasteiger partial charge in [-0.15, -0.1) is 0 Å². The molecule has 0 atom stereocenters. The Bertz CT molecular complexity index is 567. The van der Waals surface area contributed by atoms with Crippen LogP contribution in [-0.2, 0) is 11.3 Å². The Balaban J connectivity index is 2.06. The highest BCUT2D eigenvalue weighted by atomic mass is 16.5. The number of aromatic nitrogens is 1. The number of aryl methyl sites for hydroxylation is 1. The van der Waals surface area contributed by atoms with Crippen LogP contribution in [0.2, 0.25) is 0 Å². The molecule has 1 aromatic heterocycles. The summed E-state index contributed by atoms with van der Waals surface area (Å²) in [5.41, 5.74) is 2.30. The number of methoxy groups -OCH3 is 1. The Hall–Kier alpha value is -2.36. The van der Waals surface area contributed by atoms with Crippen molar-refractivity contribution >= 4 is 5.97 Å². The largest absolute Gasteiger partial charge is 0.473 e. The summed E-state index contributed by atoms with van der Waals surface area (Å²) >= 11 is 0. The Morgan fingerprint density at radius 1 is 1.26 bits per heavy atom. The first-order valence-corrected chi connectivity index (χ1v) is 5.92. The van der Waals surface area contributed by atoms with Crippen LogP contribution in [0.4, 0.5) is 0 Å². The van der Waals surface area contributed by atoms with Crippen molar-refractivity contribution < 1.29 is 14.3 Å². The topological polar surface area (TPSA) is 48.4 Å². The van der Waals surface area contributed by atoms with E-state index in [1.165, 1.54) is 13.3 Å². The number of carbonyl (C=O) groups is 1. The lowest BCUT2D eigenvalue weighted by atomic mass is 10.1. The molecule has 0 spiro atoms. The first-order valence-electron chi connectivity index (χ1n) is 5.92. The van der Waals surface area contributed by atoms with Crippen molar-refractivity contribution in [3.05, 3.63) is 59.3 Å². The molecule has 0 radical (unpaired) electrons. The third kappa shape index (κ3) is 3.31. The smallest absolute Gasteiger partial charge is 0.339 e. The first kappa shape index (κ1) is 13.1. The molecule has 98 valence electrons. The second-order valence-corrected chi connectivity index (χ2v) is 4.10. The lowest BCUT2D eigenvalue weighted by molar-refractivity contribution is 0.0599. The average molecular weight is 257 g/mol. The fraction of sp³-hybridized carbons (Fsp3) is 0.200. The van der Waals surface area contributed by atoms with Crippen LogP contribution >= 0.6 is 0 Å². The summed E-state index contributed by atoms with van der Waals surface area (Å²) in [5, 5.41) is 0. The summed E-state index contributed by atoms with van der Waals surface area (Å²) in [5.74, 6) is 0.105. The van der Waals surface area contributed by atoms with Gasteiger partial charge in [-0.3, -0.25) is 0 Å². The van der Waals surface area contributed by atoms with E-state index in [2.05, 4.69) is 9.72 Å². The highest BCUT2D eigenvalue weighted by molar-refractivity contribution is 5.90. The van der Waals surface area contributed by atoms with E-state index in [0.717, 1.165) is 11.1 Å². The molecule has 1 heterocycles. The molecule has 1 aromatic carbocycles. The van der Waals surface area contributed by atoms with E-state index in [1.54, 1.807) is 6.07 Å². The molecular formula is C15H15NO3. The molecule has 0 saturated heterocycles. The summed E-state index contributed by atoms with van der Waals surface area (Å²) < 4.78 is 10.2. The van der Waals surface area contributed by atoms with E-state index in [0.29, 0.717) is 18.1 Å². The maximum atomic E-state index is 11.4. The Morgan fingerprint density at radius 3 is 2.63 bits per heavy atom. The van der Waals surface area contributed by atoms with Gasteiger partial charge in [0.05, 0.1) is 12.7 Å². The summed E-state index contributed by atoms with van der Waals surface area (Å²) in [6.45, 7) is 2.27. The molecule has 4 heteroatoms. The van der Waals surface area contributed by atoms with Crippen LogP contribution in [0.3, 0.4) is 0 Å². The van der Waals surface area contributed by atoms with Crippen LogP contribution in [0.5, 0.6) is 5.88 Å². The molecule has 0 fully saturated rings. The average Bonchev–Trinajstić information content (AvgIpc) is 2.45. The number of carbonyl (C=O) groups excluding carboxylic acids is 1. The number of hydrogen-bond acceptors (Lipinski definition) is 4. The second-order valence-electron chi connectivity index (χ2n) is 4.10. The molecule has 2 rings (SSSR count). The molecule has 0 aliphatic rings. The van der Waals surface area contributed by atoms with Crippen LogP contribution in [0.15, 0.2) is 42.6 Å². The van der Waals surface area contributed by atoms with Gasteiger partial charge in [0, 0.05) is 12.3 Å². The summed E-state index contributed by atoms with van der Waals surface area (Å²) in [4.78, 5) is 15.5. The van der Waals surface area contributed by atoms with Crippen molar-refractivity contribution in [1.29, 1.82) is 0 Å². The van der Waals surface area contributed by atoms with E-state index in [-0.39, 0.29) is 5.97 Å². The number of hydrogen-bond donors (Lipinski definition) is 0. The zero-order valence-corrected chi connectivity index (χ0v) is 10.9. The molecular weight excluding hydrogens is 242 g/mol. The molecule has 4 nitrogen and oxygen atoms in total. The van der Waals surface area contributed by atoms with Crippen LogP contribution in [0.25, 0.3) is 0 Å². The quantitative estimate of drug-likeness (QED) is 0.790. The molecule has 0 aliphatic heterocycles. The van der Waals surface area contributed by atoms with Crippen molar-refractivity contribution in [1.82, 2.24) is 4.98 Å². The van der Waals surface area contributed by atoms with E-state index < -0.39 is 0 Å². The van der Waals surface area contributed by atoms with Gasteiger partial charge in [-0.05, 0) is 18.1 Å². The minimum Gasteiger partial charge on any atom is -0.473 e. The SMILES string of the molecule is COC(=O)c1cnc(OCc2ccccc2)cc1C. The third-order valence-electron chi connectivity index (χ3n) is 2.72. The van der Waals surface area contributed by atoms with Gasteiger partial charge in [-0.25, -0.2) is 9.78 Å². The highest BCUT2D eigenvalue weighted by Crippen LogP contribution is 2.15. The number of ether oxygens (including phenoxy) is 2. The van der Waals surface area contributed by atoms with Crippen LogP contribution in [0, 0.1) is 6.92 Å². The van der Waals surface area contributed by atoms with E-state index >= 15 is 0 Å². The summed E-state index contributed by atoms with van der Waals surface area (Å²) in [7, 11) is 1.35. The molecule has 0 unspecified atom stereocenters. The highest BCUT2D eigenvalue weighted by Gasteiger charge is 2.10. The van der Waals surface area contributed by atoms with Gasteiger partial charge in [0.25, 0.3) is 0 Å². The van der Waals surface area contributed by atoms with Crippen LogP contribution < -0.4 is 4.74 Å². The van der Waals surface area contributed by atoms with Gasteiger partial charge in [0.2, 0.25) is 5.88 Å². The van der Waals surface area contributed by atoms with Gasteiger partial charge in [0.15, 0.2) is 0 Å². The monoisotopic (exact) mass is 257 g/mol. The molecule has 0 bridgehead atoms. The molecule has 2 aromatic rings. The molecule has 0 amide bonds. The molecule has 0 saturated carbocycles. The first-order chi connectivity index (χ1) is 9.20. The van der Waals surface area contributed by atoms with Crippen molar-refractivity contribution in [2.75, 3.05) is 7.11 Å². The predicted molar refractivity (Wildman–Crippen MR) is 71.1 cm³/mol. The van der Waals surface area contributed by atoms with E-state index in [9.17, 15) is 4.79 Å². The third-order valence-corrected chi connectivity index (χ3v) is 2.72. The fourth-order valence-corrected chi connectivity index (χ4v) is 1.66. The normalized spacial score (nSPS) is 10.0. The number of pyridine rings is 1. The standard InChI is InChI=1S/C15H15NO3/c1-11-8-14(16-9-13(11)15(17)18-2)19-10-12-6-4-3-5-7-12/h3-9H,10H2,1-2H3. The Morgan fingerprint density at radius 2 is 2.00 bits per heavy atom. The zero-order valence-electron chi connectivity index (χ0n) is 10.9. The van der Waals surface area contributed by atoms with Crippen molar-refractivity contribution in [3.8, 4) is 5.88 Å². The van der Waals surface area contributed by atoms with Crippen LogP contribution in [-0.4, -0.2) is 18.1 Å². The number of rotatable bonds is 4. The number of esters is 1. The predicted octanol–water partition coefficient (Wildman–Crippen LogP) is 2.76. The Labute approximate surface area is 112 Å². The molecule has 0 N–H and O–H groups in total. The van der Waals surface area contributed by atoms with Gasteiger partial charge in [0.1, 0.15) is 6.61 Å². The lowest BCUT2D eigenvalue weighted by Crippen LogP contribution is -2.05. The van der Waals surface area contributed by atoms with E-state index in [4.69, 9.17) is 4.74 Å². The maximum Gasteiger partial charge on any atom is 0.339 e. The number of benzene rings is 1. The van der Waals surface area contributed by atoms with Crippen LogP contribution in [0.1, 0.15) is 21.5 Å². The lowest BCUT2D eigenvalue weighted by Gasteiger charge is -2.08. The minimum atomic E-state index is -0.389. The molecule has 0 aliphatic carbocycles. The van der Waals surface area contributed by atoms with Gasteiger partial charge in [-0.2, -0.15) is 0 Å². The zero-order chi connectivity index (χ0) is 13.7. The summed E-state index contributed by atoms with van der Waals surface area (Å²) in [6, 6.07) is 11.6. The Kier molecular flexibility index (Phi) is 4.13. The second kappa shape index (κ2) is 6.00. The van der Waals surface area contributed by atoms with Crippen molar-refractivity contribution in [2.45, 2.75) is 13.5 Å². The number of nitrogens with zero attached hydrogens (tertiary/aromatic N) is 1. The summed E-state index contributed by atoms with van der Waals surface area (Å²) in [6.07, 6.45) is 1.47. The van der Waals surface area contributed by atoms with E-state index in [1.807, 2.05) is 37.3 Å². The van der Waals surface area contributed by atoms with Gasteiger partial charge >= 0.3 is 5.97 Å². The van der Waals surface area contributed by atoms with Crippen molar-refractivity contribution in [2.24, 2.45) is 0 Å². The van der Waals surface area contributed by atoms with Crippen molar-refractivity contribution in [3.63, 3.8) is 0 Å². The fourth-order valence-electron chi connectivity index (χ4n) is 1.66. The van der Waals surface area contributed by atoms with Gasteiger partial charge < -0.3 is 9.47 Å². The minimum absolute atomic E-state index is 0.389. The molecule has 19 heavy (non-hydrogen) atoms.